The summed E-state index contributed by atoms with van der Waals surface area (Å²) in [4.78, 5) is 24.5. The molecule has 1 saturated heterocycles. The van der Waals surface area contributed by atoms with Crippen LogP contribution in [0, 0.1) is 11.8 Å². The number of carboxylic acid groups (broad SMARTS) is 1. The van der Waals surface area contributed by atoms with E-state index < -0.39 is 23.6 Å². The van der Waals surface area contributed by atoms with Crippen molar-refractivity contribution < 1.29 is 19.4 Å². The van der Waals surface area contributed by atoms with Gasteiger partial charge in [0, 0.05) is 13.1 Å². The number of hydrogen-bond donors (Lipinski definition) is 2. The fourth-order valence-corrected chi connectivity index (χ4v) is 2.05. The van der Waals surface area contributed by atoms with Gasteiger partial charge in [0.15, 0.2) is 0 Å². The number of likely N-dealkylation sites (tertiary alicyclic amines) is 1. The zero-order valence-electron chi connectivity index (χ0n) is 11.2. The fourth-order valence-electron chi connectivity index (χ4n) is 2.05. The van der Waals surface area contributed by atoms with Crippen molar-refractivity contribution in [3.8, 4) is 0 Å². The Morgan fingerprint density at radius 2 is 2.06 bits per heavy atom. The molecule has 0 radical (unpaired) electrons. The number of ether oxygens (including phenoxy) is 1. The van der Waals surface area contributed by atoms with Gasteiger partial charge in [-0.3, -0.25) is 4.79 Å². The minimum absolute atomic E-state index is 0.0683. The highest BCUT2D eigenvalue weighted by atomic mass is 16.6. The summed E-state index contributed by atoms with van der Waals surface area (Å²) in [5.41, 5.74) is 4.99. The van der Waals surface area contributed by atoms with Gasteiger partial charge in [0.05, 0.1) is 5.92 Å². The van der Waals surface area contributed by atoms with Crippen molar-refractivity contribution in [3.63, 3.8) is 0 Å². The summed E-state index contributed by atoms with van der Waals surface area (Å²) in [7, 11) is 0. The molecule has 0 spiro atoms. The van der Waals surface area contributed by atoms with Crippen molar-refractivity contribution in [1.29, 1.82) is 0 Å². The van der Waals surface area contributed by atoms with Crippen molar-refractivity contribution in [2.75, 3.05) is 19.6 Å². The summed E-state index contributed by atoms with van der Waals surface area (Å²) in [6.07, 6.45) is 0.149. The van der Waals surface area contributed by atoms with Crippen LogP contribution in [0.2, 0.25) is 0 Å². The van der Waals surface area contributed by atoms with E-state index in [0.717, 1.165) is 0 Å². The van der Waals surface area contributed by atoms with Crippen LogP contribution >= 0.6 is 0 Å². The molecule has 0 aliphatic carbocycles. The zero-order valence-corrected chi connectivity index (χ0v) is 11.2. The summed E-state index contributed by atoms with van der Waals surface area (Å²) < 4.78 is 5.24. The summed E-state index contributed by atoms with van der Waals surface area (Å²) in [6, 6.07) is 0. The van der Waals surface area contributed by atoms with Gasteiger partial charge in [0.2, 0.25) is 0 Å². The van der Waals surface area contributed by atoms with Crippen LogP contribution in [-0.4, -0.2) is 47.3 Å². The van der Waals surface area contributed by atoms with E-state index in [-0.39, 0.29) is 12.5 Å². The van der Waals surface area contributed by atoms with Crippen molar-refractivity contribution >= 4 is 12.1 Å². The van der Waals surface area contributed by atoms with E-state index in [1.54, 1.807) is 20.8 Å². The number of rotatable bonds is 2. The van der Waals surface area contributed by atoms with Crippen molar-refractivity contribution in [3.05, 3.63) is 0 Å². The average molecular weight is 258 g/mol. The first kappa shape index (κ1) is 14.8. The standard InChI is InChI=1S/C12H22N2O4/c1-12(2,3)18-11(17)14-5-4-8(6-13)9(7-14)10(15)16/h8-9H,4-7,13H2,1-3H3,(H,15,16)/t8-,9-/m1/s1. The number of nitrogens with zero attached hydrogens (tertiary/aromatic N) is 1. The molecule has 1 rings (SSSR count). The molecule has 0 saturated carbocycles. The fraction of sp³-hybridized carbons (Fsp3) is 0.833. The number of hydrogen-bond acceptors (Lipinski definition) is 4. The molecule has 6 heteroatoms. The smallest absolute Gasteiger partial charge is 0.410 e. The molecule has 1 amide bonds. The quantitative estimate of drug-likeness (QED) is 0.767. The van der Waals surface area contributed by atoms with E-state index in [9.17, 15) is 9.59 Å². The van der Waals surface area contributed by atoms with E-state index in [2.05, 4.69) is 0 Å². The van der Waals surface area contributed by atoms with Gasteiger partial charge in [-0.25, -0.2) is 4.79 Å². The molecule has 1 fully saturated rings. The van der Waals surface area contributed by atoms with Crippen molar-refractivity contribution in [2.45, 2.75) is 32.8 Å². The van der Waals surface area contributed by atoms with Crippen molar-refractivity contribution in [2.24, 2.45) is 17.6 Å². The predicted octanol–water partition coefficient (Wildman–Crippen LogP) is 0.903. The van der Waals surface area contributed by atoms with Gasteiger partial charge in [-0.15, -0.1) is 0 Å². The Bertz CT molecular complexity index is 325. The van der Waals surface area contributed by atoms with Gasteiger partial charge in [0.1, 0.15) is 5.60 Å². The second-order valence-corrected chi connectivity index (χ2v) is 5.66. The highest BCUT2D eigenvalue weighted by Gasteiger charge is 2.36. The molecule has 104 valence electrons. The molecule has 0 bridgehead atoms. The van der Waals surface area contributed by atoms with Crippen LogP contribution in [0.5, 0.6) is 0 Å². The summed E-state index contributed by atoms with van der Waals surface area (Å²) in [5, 5.41) is 9.14. The lowest BCUT2D eigenvalue weighted by Gasteiger charge is -2.36. The summed E-state index contributed by atoms with van der Waals surface area (Å²) >= 11 is 0. The highest BCUT2D eigenvalue weighted by molar-refractivity contribution is 5.73. The molecule has 1 aliphatic heterocycles. The first-order valence-corrected chi connectivity index (χ1v) is 6.15. The van der Waals surface area contributed by atoms with E-state index in [0.29, 0.717) is 19.5 Å². The zero-order chi connectivity index (χ0) is 13.9. The maximum Gasteiger partial charge on any atom is 0.410 e. The first-order valence-electron chi connectivity index (χ1n) is 6.15. The minimum atomic E-state index is -0.904. The Hall–Kier alpha value is -1.30. The molecule has 1 aliphatic rings. The van der Waals surface area contributed by atoms with Crippen LogP contribution in [-0.2, 0) is 9.53 Å². The highest BCUT2D eigenvalue weighted by Crippen LogP contribution is 2.24. The van der Waals surface area contributed by atoms with E-state index in [1.165, 1.54) is 4.90 Å². The van der Waals surface area contributed by atoms with E-state index in [4.69, 9.17) is 15.6 Å². The Balaban J connectivity index is 2.65. The Morgan fingerprint density at radius 1 is 1.44 bits per heavy atom. The van der Waals surface area contributed by atoms with Crippen LogP contribution in [0.4, 0.5) is 4.79 Å². The lowest BCUT2D eigenvalue weighted by Crippen LogP contribution is -2.49. The molecule has 2 atom stereocenters. The summed E-state index contributed by atoms with van der Waals surface area (Å²) in [5.74, 6) is -1.57. The molecular weight excluding hydrogens is 236 g/mol. The topological polar surface area (TPSA) is 92.9 Å². The van der Waals surface area contributed by atoms with Crippen molar-refractivity contribution in [1.82, 2.24) is 4.90 Å². The van der Waals surface area contributed by atoms with Crippen LogP contribution in [0.1, 0.15) is 27.2 Å². The molecule has 6 nitrogen and oxygen atoms in total. The SMILES string of the molecule is CC(C)(C)OC(=O)N1CC[C@H](CN)[C@H](C(=O)O)C1. The van der Waals surface area contributed by atoms with Gasteiger partial charge >= 0.3 is 12.1 Å². The Labute approximate surface area is 107 Å². The number of piperidine rings is 1. The minimum Gasteiger partial charge on any atom is -0.481 e. The molecule has 1 heterocycles. The molecule has 3 N–H and O–H groups in total. The monoisotopic (exact) mass is 258 g/mol. The molecule has 0 unspecified atom stereocenters. The molecule has 18 heavy (non-hydrogen) atoms. The largest absolute Gasteiger partial charge is 0.481 e. The van der Waals surface area contributed by atoms with Crippen LogP contribution in [0.25, 0.3) is 0 Å². The number of carbonyl (C=O) groups is 2. The number of nitrogens with two attached hydrogens (primary N) is 1. The number of carboxylic acids is 1. The predicted molar refractivity (Wildman–Crippen MR) is 66.1 cm³/mol. The van der Waals surface area contributed by atoms with Gasteiger partial charge < -0.3 is 20.5 Å². The van der Waals surface area contributed by atoms with Gasteiger partial charge in [0.25, 0.3) is 0 Å². The molecular formula is C12H22N2O4. The van der Waals surface area contributed by atoms with Gasteiger partial charge in [-0.2, -0.15) is 0 Å². The normalized spacial score (nSPS) is 24.8. The Kier molecular flexibility index (Phi) is 4.56. The third-order valence-corrected chi connectivity index (χ3v) is 3.03. The van der Waals surface area contributed by atoms with E-state index >= 15 is 0 Å². The second kappa shape index (κ2) is 5.56. The Morgan fingerprint density at radius 3 is 2.50 bits per heavy atom. The number of aliphatic carboxylic acids is 1. The maximum absolute atomic E-state index is 11.9. The van der Waals surface area contributed by atoms with Crippen LogP contribution in [0.3, 0.4) is 0 Å². The lowest BCUT2D eigenvalue weighted by atomic mass is 9.86. The number of amides is 1. The van der Waals surface area contributed by atoms with Gasteiger partial charge in [-0.05, 0) is 39.7 Å². The number of carbonyl (C=O) groups excluding carboxylic acids is 1. The van der Waals surface area contributed by atoms with Gasteiger partial charge in [-0.1, -0.05) is 0 Å². The molecule has 0 aromatic heterocycles. The molecule has 0 aromatic carbocycles. The summed E-state index contributed by atoms with van der Waals surface area (Å²) in [6.45, 7) is 6.36. The second-order valence-electron chi connectivity index (χ2n) is 5.66. The van der Waals surface area contributed by atoms with E-state index in [1.807, 2.05) is 0 Å². The first-order chi connectivity index (χ1) is 8.24. The lowest BCUT2D eigenvalue weighted by molar-refractivity contribution is -0.145. The maximum atomic E-state index is 11.9. The molecule has 0 aromatic rings. The average Bonchev–Trinajstić information content (AvgIpc) is 2.25. The van der Waals surface area contributed by atoms with Crippen LogP contribution < -0.4 is 5.73 Å². The third kappa shape index (κ3) is 3.87. The third-order valence-electron chi connectivity index (χ3n) is 3.03. The van der Waals surface area contributed by atoms with Crippen LogP contribution in [0.15, 0.2) is 0 Å².